The third kappa shape index (κ3) is 4.23. The summed E-state index contributed by atoms with van der Waals surface area (Å²) in [6.07, 6.45) is 6.61. The van der Waals surface area contributed by atoms with Gasteiger partial charge in [-0.1, -0.05) is 49.6 Å². The van der Waals surface area contributed by atoms with Crippen LogP contribution in [0.5, 0.6) is 0 Å². The minimum Gasteiger partial charge on any atom is -0.353 e. The van der Waals surface area contributed by atoms with Crippen LogP contribution in [0.3, 0.4) is 0 Å². The van der Waals surface area contributed by atoms with E-state index in [9.17, 15) is 19.6 Å². The van der Waals surface area contributed by atoms with Crippen molar-refractivity contribution in [2.45, 2.75) is 76.3 Å². The molecule has 4 amide bonds. The van der Waals surface area contributed by atoms with Gasteiger partial charge in [-0.25, -0.2) is 9.80 Å². The zero-order valence-electron chi connectivity index (χ0n) is 19.4. The lowest BCUT2D eigenvalue weighted by atomic mass is 9.75. The first-order valence-corrected chi connectivity index (χ1v) is 12.4. The van der Waals surface area contributed by atoms with Gasteiger partial charge in [0, 0.05) is 24.5 Å². The second-order valence-electron chi connectivity index (χ2n) is 9.92. The summed E-state index contributed by atoms with van der Waals surface area (Å²) in [5.41, 5.74) is 4.05. The highest BCUT2D eigenvalue weighted by atomic mass is 16.2. The predicted molar refractivity (Wildman–Crippen MR) is 123 cm³/mol. The molecule has 0 bridgehead atoms. The van der Waals surface area contributed by atoms with Crippen molar-refractivity contribution in [1.82, 2.24) is 25.6 Å². The monoisotopic (exact) mass is 464 g/mol. The number of nitrogens with zero attached hydrogens (tertiary/aromatic N) is 4. The molecular weight excluding hydrogens is 432 g/mol. The van der Waals surface area contributed by atoms with E-state index >= 15 is 0 Å². The fourth-order valence-electron chi connectivity index (χ4n) is 6.05. The minimum absolute atomic E-state index is 0.000324. The molecule has 0 spiro atoms. The van der Waals surface area contributed by atoms with Crippen molar-refractivity contribution in [2.75, 3.05) is 6.54 Å². The highest BCUT2D eigenvalue weighted by Crippen LogP contribution is 2.41. The molecule has 9 nitrogen and oxygen atoms in total. The maximum Gasteiger partial charge on any atom is 0.338 e. The van der Waals surface area contributed by atoms with E-state index < -0.39 is 6.29 Å². The largest absolute Gasteiger partial charge is 0.353 e. The Labute approximate surface area is 200 Å². The van der Waals surface area contributed by atoms with Gasteiger partial charge >= 0.3 is 6.03 Å². The lowest BCUT2D eigenvalue weighted by Crippen LogP contribution is -2.66. The van der Waals surface area contributed by atoms with Crippen LogP contribution in [-0.4, -0.2) is 57.6 Å². The van der Waals surface area contributed by atoms with Gasteiger partial charge in [-0.2, -0.15) is 10.7 Å². The summed E-state index contributed by atoms with van der Waals surface area (Å²) in [4.78, 5) is 43.4. The molecule has 2 aliphatic heterocycles. The van der Waals surface area contributed by atoms with Gasteiger partial charge in [-0.15, -0.1) is 0 Å². The zero-order chi connectivity index (χ0) is 23.7. The Morgan fingerprint density at radius 2 is 1.85 bits per heavy atom. The number of hydrogen-bond donors (Lipinski definition) is 2. The van der Waals surface area contributed by atoms with Crippen LogP contribution in [0.4, 0.5) is 4.79 Å². The van der Waals surface area contributed by atoms with Gasteiger partial charge in [0.25, 0.3) is 0 Å². The Balaban J connectivity index is 1.36. The molecule has 1 aromatic carbocycles. The Kier molecular flexibility index (Phi) is 6.42. The average Bonchev–Trinajstić information content (AvgIpc) is 3.19. The standard InChI is InChI=1S/C25H32N6O3/c26-13-14-30-25(34)31-21-15-18(22(32)27-19-9-5-2-6-10-19)11-12-20(21)23(33)29(24(31)28-30)16-17-7-3-1-4-8-17/h1,3-4,7-8,18-21,24,28H,2,5-6,9-12,14-16H2,(H,27,32). The molecule has 4 atom stereocenters. The molecule has 0 radical (unpaired) electrons. The SMILES string of the molecule is N#CCN1NC2N(Cc3ccccc3)C(=O)C3CCC(C(=O)NC4CCCCC4)CC3N2C1=O. The number of carbonyl (C=O) groups is 3. The fourth-order valence-corrected chi connectivity index (χ4v) is 6.05. The van der Waals surface area contributed by atoms with Crippen LogP contribution in [0.25, 0.3) is 0 Å². The minimum atomic E-state index is -0.657. The predicted octanol–water partition coefficient (Wildman–Crippen LogP) is 2.31. The van der Waals surface area contributed by atoms with Crippen molar-refractivity contribution in [3.8, 4) is 6.07 Å². The van der Waals surface area contributed by atoms with Crippen molar-refractivity contribution in [3.63, 3.8) is 0 Å². The molecular formula is C25H32N6O3. The van der Waals surface area contributed by atoms with E-state index in [0.29, 0.717) is 25.8 Å². The number of urea groups is 1. The van der Waals surface area contributed by atoms with E-state index in [2.05, 4.69) is 10.7 Å². The van der Waals surface area contributed by atoms with Crippen LogP contribution in [0, 0.1) is 23.2 Å². The van der Waals surface area contributed by atoms with Gasteiger partial charge in [0.05, 0.1) is 12.0 Å². The van der Waals surface area contributed by atoms with Gasteiger partial charge in [-0.3, -0.25) is 14.5 Å². The van der Waals surface area contributed by atoms with Crippen LogP contribution in [-0.2, 0) is 16.1 Å². The van der Waals surface area contributed by atoms with Gasteiger partial charge in [0.15, 0.2) is 6.29 Å². The maximum atomic E-state index is 13.6. The number of carbonyl (C=O) groups excluding carboxylic acids is 3. The molecule has 9 heteroatoms. The van der Waals surface area contributed by atoms with E-state index in [1.165, 1.54) is 11.4 Å². The molecule has 4 unspecified atom stereocenters. The molecule has 2 saturated heterocycles. The Morgan fingerprint density at radius 1 is 1.09 bits per heavy atom. The lowest BCUT2D eigenvalue weighted by Gasteiger charge is -2.50. The Bertz CT molecular complexity index is 973. The topological polar surface area (TPSA) is 109 Å². The second-order valence-corrected chi connectivity index (χ2v) is 9.92. The van der Waals surface area contributed by atoms with E-state index in [1.807, 2.05) is 36.4 Å². The van der Waals surface area contributed by atoms with Crippen LogP contribution < -0.4 is 10.7 Å². The molecule has 2 N–H and O–H groups in total. The van der Waals surface area contributed by atoms with Crippen molar-refractivity contribution >= 4 is 17.8 Å². The summed E-state index contributed by atoms with van der Waals surface area (Å²) < 4.78 is 0. The second kappa shape index (κ2) is 9.63. The number of amides is 4. The summed E-state index contributed by atoms with van der Waals surface area (Å²) in [6.45, 7) is 0.262. The summed E-state index contributed by atoms with van der Waals surface area (Å²) in [6, 6.07) is 11.3. The van der Waals surface area contributed by atoms with Gasteiger partial charge in [-0.05, 0) is 37.7 Å². The Morgan fingerprint density at radius 3 is 2.59 bits per heavy atom. The third-order valence-electron chi connectivity index (χ3n) is 7.80. The summed E-state index contributed by atoms with van der Waals surface area (Å²) in [7, 11) is 0. The van der Waals surface area contributed by atoms with Crippen molar-refractivity contribution < 1.29 is 14.4 Å². The number of fused-ring (bicyclic) bond motifs is 3. The Hall–Kier alpha value is -3.12. The molecule has 34 heavy (non-hydrogen) atoms. The van der Waals surface area contributed by atoms with Crippen LogP contribution in [0.2, 0.25) is 0 Å². The molecule has 1 aromatic rings. The third-order valence-corrected chi connectivity index (χ3v) is 7.80. The number of nitriles is 1. The van der Waals surface area contributed by atoms with E-state index in [4.69, 9.17) is 0 Å². The molecule has 2 aliphatic carbocycles. The van der Waals surface area contributed by atoms with Crippen LogP contribution in [0.1, 0.15) is 56.9 Å². The molecule has 180 valence electrons. The number of benzene rings is 1. The highest BCUT2D eigenvalue weighted by Gasteiger charge is 2.56. The molecule has 0 aromatic heterocycles. The molecule has 5 rings (SSSR count). The highest BCUT2D eigenvalue weighted by molar-refractivity contribution is 5.87. The van der Waals surface area contributed by atoms with Crippen LogP contribution in [0.15, 0.2) is 30.3 Å². The van der Waals surface area contributed by atoms with Gasteiger partial charge in [0.1, 0.15) is 6.54 Å². The van der Waals surface area contributed by atoms with Gasteiger partial charge < -0.3 is 10.2 Å². The molecule has 4 fully saturated rings. The van der Waals surface area contributed by atoms with Crippen molar-refractivity contribution in [2.24, 2.45) is 11.8 Å². The van der Waals surface area contributed by atoms with E-state index in [-0.39, 0.29) is 48.3 Å². The quantitative estimate of drug-likeness (QED) is 0.650. The number of hydrazine groups is 1. The van der Waals surface area contributed by atoms with Crippen molar-refractivity contribution in [1.29, 1.82) is 5.26 Å². The lowest BCUT2D eigenvalue weighted by molar-refractivity contribution is -0.159. The van der Waals surface area contributed by atoms with Gasteiger partial charge in [0.2, 0.25) is 11.8 Å². The first-order chi connectivity index (χ1) is 16.6. The first-order valence-electron chi connectivity index (χ1n) is 12.4. The van der Waals surface area contributed by atoms with E-state index in [0.717, 1.165) is 31.2 Å². The zero-order valence-corrected chi connectivity index (χ0v) is 19.4. The van der Waals surface area contributed by atoms with Crippen LogP contribution >= 0.6 is 0 Å². The normalized spacial score (nSPS) is 29.4. The summed E-state index contributed by atoms with van der Waals surface area (Å²) in [5, 5.41) is 13.7. The van der Waals surface area contributed by atoms with E-state index in [1.54, 1.807) is 9.80 Å². The molecule has 2 heterocycles. The number of rotatable bonds is 5. The fraction of sp³-hybridized carbons (Fsp3) is 0.600. The molecule has 4 aliphatic rings. The summed E-state index contributed by atoms with van der Waals surface area (Å²) >= 11 is 0. The number of nitrogens with one attached hydrogen (secondary N) is 2. The smallest absolute Gasteiger partial charge is 0.338 e. The average molecular weight is 465 g/mol. The first kappa shape index (κ1) is 22.7. The maximum absolute atomic E-state index is 13.6. The number of hydrogen-bond acceptors (Lipinski definition) is 5. The summed E-state index contributed by atoms with van der Waals surface area (Å²) in [5.74, 6) is -0.503. The molecule has 2 saturated carbocycles. The van der Waals surface area contributed by atoms with Crippen molar-refractivity contribution in [3.05, 3.63) is 35.9 Å².